The van der Waals surface area contributed by atoms with Crippen molar-refractivity contribution in [2.24, 2.45) is 0 Å². The van der Waals surface area contributed by atoms with E-state index in [0.29, 0.717) is 27.7 Å². The highest BCUT2D eigenvalue weighted by Crippen LogP contribution is 2.35. The molecule has 1 aliphatic heterocycles. The van der Waals surface area contributed by atoms with Crippen molar-refractivity contribution in [3.63, 3.8) is 0 Å². The maximum atomic E-state index is 12.8. The van der Waals surface area contributed by atoms with Crippen molar-refractivity contribution in [1.82, 2.24) is 4.90 Å². The Morgan fingerprint density at radius 1 is 1.09 bits per heavy atom. The molecule has 168 valence electrons. The fourth-order valence-electron chi connectivity index (χ4n) is 3.19. The van der Waals surface area contributed by atoms with Gasteiger partial charge in [0.25, 0.3) is 11.1 Å². The van der Waals surface area contributed by atoms with Crippen molar-refractivity contribution in [3.05, 3.63) is 86.4 Å². The summed E-state index contributed by atoms with van der Waals surface area (Å²) < 4.78 is 10.9. The lowest BCUT2D eigenvalue weighted by atomic mass is 10.1. The van der Waals surface area contributed by atoms with E-state index >= 15 is 0 Å². The molecule has 0 aliphatic carbocycles. The summed E-state index contributed by atoms with van der Waals surface area (Å²) in [6.45, 7) is 2.03. The summed E-state index contributed by atoms with van der Waals surface area (Å²) in [6.07, 6.45) is 1.52. The van der Waals surface area contributed by atoms with E-state index in [4.69, 9.17) is 32.4 Å². The second kappa shape index (κ2) is 9.87. The van der Waals surface area contributed by atoms with Crippen LogP contribution in [0.15, 0.2) is 63.9 Å². The molecule has 6 nitrogen and oxygen atoms in total. The van der Waals surface area contributed by atoms with Crippen LogP contribution in [0.3, 0.4) is 0 Å². The summed E-state index contributed by atoms with van der Waals surface area (Å²) in [5.74, 6) is -0.0816. The Bertz CT molecular complexity index is 1280. The molecule has 0 radical (unpaired) electrons. The van der Waals surface area contributed by atoms with Gasteiger partial charge in [0.2, 0.25) is 0 Å². The SMILES string of the molecule is CCOC(=O)c1cc(-c2ccc(/C=C3/SC(=O)N(Cc4ccccc4Cl)C3=O)o2)ccc1Cl. The van der Waals surface area contributed by atoms with Crippen LogP contribution in [0, 0.1) is 0 Å². The van der Waals surface area contributed by atoms with Crippen LogP contribution in [0.4, 0.5) is 4.79 Å². The molecule has 0 bridgehead atoms. The molecule has 0 saturated carbocycles. The van der Waals surface area contributed by atoms with Crippen molar-refractivity contribution in [2.75, 3.05) is 6.61 Å². The van der Waals surface area contributed by atoms with E-state index in [1.54, 1.807) is 61.5 Å². The molecule has 2 heterocycles. The number of esters is 1. The van der Waals surface area contributed by atoms with Crippen LogP contribution in [-0.2, 0) is 16.1 Å². The maximum absolute atomic E-state index is 12.8. The van der Waals surface area contributed by atoms with E-state index < -0.39 is 11.9 Å². The van der Waals surface area contributed by atoms with Crippen molar-refractivity contribution in [3.8, 4) is 11.3 Å². The Balaban J connectivity index is 1.55. The Morgan fingerprint density at radius 2 is 1.88 bits per heavy atom. The lowest BCUT2D eigenvalue weighted by Gasteiger charge is -2.13. The Hall–Kier alpha value is -3.00. The molecule has 2 amide bonds. The molecule has 0 unspecified atom stereocenters. The Labute approximate surface area is 204 Å². The molecule has 0 atom stereocenters. The normalized spacial score (nSPS) is 14.9. The van der Waals surface area contributed by atoms with Crippen LogP contribution in [-0.4, -0.2) is 28.6 Å². The number of thioether (sulfide) groups is 1. The standard InChI is InChI=1S/C24H17Cl2NO5S/c1-2-31-23(29)17-11-14(7-9-19(17)26)20-10-8-16(32-20)12-21-22(28)27(24(30)33-21)13-15-5-3-4-6-18(15)25/h3-12H,2,13H2,1H3/b21-12+. The summed E-state index contributed by atoms with van der Waals surface area (Å²) in [6, 6.07) is 15.3. The zero-order valence-corrected chi connectivity index (χ0v) is 19.7. The quantitative estimate of drug-likeness (QED) is 0.277. The van der Waals surface area contributed by atoms with Gasteiger partial charge < -0.3 is 9.15 Å². The average molecular weight is 502 g/mol. The van der Waals surface area contributed by atoms with Crippen LogP contribution in [0.1, 0.15) is 28.6 Å². The van der Waals surface area contributed by atoms with Gasteiger partial charge in [0.05, 0.1) is 28.6 Å². The molecular formula is C24H17Cl2NO5S. The first-order valence-corrected chi connectivity index (χ1v) is 11.5. The van der Waals surface area contributed by atoms with Gasteiger partial charge in [-0.05, 0) is 60.6 Å². The zero-order chi connectivity index (χ0) is 23.5. The predicted molar refractivity (Wildman–Crippen MR) is 128 cm³/mol. The van der Waals surface area contributed by atoms with Crippen molar-refractivity contribution in [1.29, 1.82) is 0 Å². The highest BCUT2D eigenvalue weighted by molar-refractivity contribution is 8.18. The van der Waals surface area contributed by atoms with Gasteiger partial charge in [-0.25, -0.2) is 4.79 Å². The summed E-state index contributed by atoms with van der Waals surface area (Å²) in [5.41, 5.74) is 1.53. The van der Waals surface area contributed by atoms with E-state index in [1.165, 1.54) is 6.08 Å². The second-order valence-corrected chi connectivity index (χ2v) is 8.78. The molecule has 33 heavy (non-hydrogen) atoms. The summed E-state index contributed by atoms with van der Waals surface area (Å²) in [5, 5.41) is 0.382. The van der Waals surface area contributed by atoms with Crippen molar-refractivity contribution >= 4 is 58.2 Å². The molecule has 4 rings (SSSR count). The van der Waals surface area contributed by atoms with Gasteiger partial charge in [-0.15, -0.1) is 0 Å². The first-order valence-electron chi connectivity index (χ1n) is 9.93. The number of benzene rings is 2. The van der Waals surface area contributed by atoms with Crippen LogP contribution >= 0.6 is 35.0 Å². The molecule has 1 saturated heterocycles. The predicted octanol–water partition coefficient (Wildman–Crippen LogP) is 6.67. The van der Waals surface area contributed by atoms with Gasteiger partial charge >= 0.3 is 5.97 Å². The molecule has 3 aromatic rings. The van der Waals surface area contributed by atoms with Crippen LogP contribution < -0.4 is 0 Å². The average Bonchev–Trinajstić information content (AvgIpc) is 3.36. The number of hydrogen-bond donors (Lipinski definition) is 0. The highest BCUT2D eigenvalue weighted by Gasteiger charge is 2.35. The largest absolute Gasteiger partial charge is 0.462 e. The van der Waals surface area contributed by atoms with Crippen LogP contribution in [0.25, 0.3) is 17.4 Å². The number of amides is 2. The molecule has 9 heteroatoms. The van der Waals surface area contributed by atoms with Gasteiger partial charge in [0.1, 0.15) is 11.5 Å². The number of rotatable bonds is 6. The van der Waals surface area contributed by atoms with E-state index in [0.717, 1.165) is 16.7 Å². The van der Waals surface area contributed by atoms with E-state index in [-0.39, 0.29) is 33.9 Å². The Kier molecular flexibility index (Phi) is 6.93. The Morgan fingerprint density at radius 3 is 2.64 bits per heavy atom. The minimum atomic E-state index is -0.525. The third kappa shape index (κ3) is 5.00. The van der Waals surface area contributed by atoms with Gasteiger partial charge in [-0.2, -0.15) is 0 Å². The van der Waals surface area contributed by atoms with Gasteiger partial charge in [0.15, 0.2) is 0 Å². The molecule has 1 aromatic heterocycles. The highest BCUT2D eigenvalue weighted by atomic mass is 35.5. The minimum absolute atomic E-state index is 0.0898. The lowest BCUT2D eigenvalue weighted by Crippen LogP contribution is -2.27. The van der Waals surface area contributed by atoms with Crippen molar-refractivity contribution < 1.29 is 23.5 Å². The van der Waals surface area contributed by atoms with Gasteiger partial charge in [0, 0.05) is 16.7 Å². The smallest absolute Gasteiger partial charge is 0.339 e. The molecule has 2 aromatic carbocycles. The topological polar surface area (TPSA) is 76.8 Å². The lowest BCUT2D eigenvalue weighted by molar-refractivity contribution is -0.123. The fraction of sp³-hybridized carbons (Fsp3) is 0.125. The number of furan rings is 1. The zero-order valence-electron chi connectivity index (χ0n) is 17.3. The summed E-state index contributed by atoms with van der Waals surface area (Å²) >= 11 is 13.1. The van der Waals surface area contributed by atoms with Crippen molar-refractivity contribution in [2.45, 2.75) is 13.5 Å². The molecule has 0 N–H and O–H groups in total. The molecule has 1 aliphatic rings. The summed E-state index contributed by atoms with van der Waals surface area (Å²) in [4.78, 5) is 38.7. The van der Waals surface area contributed by atoms with Gasteiger partial charge in [-0.1, -0.05) is 41.4 Å². The first-order chi connectivity index (χ1) is 15.9. The number of halogens is 2. The number of nitrogens with zero attached hydrogens (tertiary/aromatic N) is 1. The van der Waals surface area contributed by atoms with E-state index in [2.05, 4.69) is 0 Å². The van der Waals surface area contributed by atoms with E-state index in [1.807, 2.05) is 0 Å². The molecule has 0 spiro atoms. The molecular weight excluding hydrogens is 485 g/mol. The number of carbonyl (C=O) groups excluding carboxylic acids is 3. The monoisotopic (exact) mass is 501 g/mol. The third-order valence-electron chi connectivity index (χ3n) is 4.81. The van der Waals surface area contributed by atoms with Crippen LogP contribution in [0.2, 0.25) is 10.0 Å². The number of carbonyl (C=O) groups is 3. The van der Waals surface area contributed by atoms with Crippen LogP contribution in [0.5, 0.6) is 0 Å². The second-order valence-electron chi connectivity index (χ2n) is 6.98. The fourth-order valence-corrected chi connectivity index (χ4v) is 4.40. The van der Waals surface area contributed by atoms with E-state index in [9.17, 15) is 14.4 Å². The maximum Gasteiger partial charge on any atom is 0.339 e. The first kappa shape index (κ1) is 23.2. The summed E-state index contributed by atoms with van der Waals surface area (Å²) in [7, 11) is 0. The number of ether oxygens (including phenoxy) is 1. The number of imide groups is 1. The molecule has 1 fully saturated rings. The number of hydrogen-bond acceptors (Lipinski definition) is 6. The third-order valence-corrected chi connectivity index (χ3v) is 6.41. The van der Waals surface area contributed by atoms with Gasteiger partial charge in [-0.3, -0.25) is 14.5 Å². The minimum Gasteiger partial charge on any atom is -0.462 e.